The second kappa shape index (κ2) is 7.00. The zero-order valence-electron chi connectivity index (χ0n) is 13.2. The summed E-state index contributed by atoms with van der Waals surface area (Å²) in [7, 11) is 1.59. The molecule has 0 aliphatic carbocycles. The molecular weight excluding hydrogens is 306 g/mol. The maximum atomic E-state index is 12.4. The third-order valence-electron chi connectivity index (χ3n) is 3.83. The largest absolute Gasteiger partial charge is 0.497 e. The fourth-order valence-corrected chi connectivity index (χ4v) is 2.55. The molecule has 0 radical (unpaired) electrons. The molecule has 0 aromatic heterocycles. The highest BCUT2D eigenvalue weighted by Gasteiger charge is 2.37. The van der Waals surface area contributed by atoms with Crippen LogP contribution in [0.15, 0.2) is 60.7 Å². The van der Waals surface area contributed by atoms with E-state index in [0.717, 1.165) is 21.8 Å². The molecule has 122 valence electrons. The van der Waals surface area contributed by atoms with Crippen molar-refractivity contribution in [3.63, 3.8) is 0 Å². The Hall–Kier alpha value is -3.08. The third-order valence-corrected chi connectivity index (χ3v) is 3.83. The summed E-state index contributed by atoms with van der Waals surface area (Å²) in [6, 6.07) is 16.3. The topological polar surface area (TPSA) is 55.8 Å². The SMILES string of the molecule is COc1ccc(/C=C/C(=O)N2C(=O)OC[C@@H]2c2ccccc2)cc1. The molecule has 1 aliphatic rings. The second-order valence-corrected chi connectivity index (χ2v) is 5.32. The normalized spacial score (nSPS) is 17.1. The van der Waals surface area contributed by atoms with Crippen LogP contribution in [0.2, 0.25) is 0 Å². The van der Waals surface area contributed by atoms with Gasteiger partial charge in [-0.2, -0.15) is 0 Å². The number of ether oxygens (including phenoxy) is 2. The van der Waals surface area contributed by atoms with Crippen LogP contribution in [-0.2, 0) is 9.53 Å². The van der Waals surface area contributed by atoms with Gasteiger partial charge in [-0.3, -0.25) is 4.79 Å². The lowest BCUT2D eigenvalue weighted by Gasteiger charge is -2.18. The molecular formula is C19H17NO4. The summed E-state index contributed by atoms with van der Waals surface area (Å²) in [6.45, 7) is 0.172. The van der Waals surface area contributed by atoms with Gasteiger partial charge < -0.3 is 9.47 Å². The number of carbonyl (C=O) groups is 2. The van der Waals surface area contributed by atoms with E-state index in [1.165, 1.54) is 6.08 Å². The van der Waals surface area contributed by atoms with Gasteiger partial charge in [0.05, 0.1) is 7.11 Å². The molecule has 0 bridgehead atoms. The molecule has 1 atom stereocenters. The van der Waals surface area contributed by atoms with Gasteiger partial charge in [0.1, 0.15) is 18.4 Å². The summed E-state index contributed by atoms with van der Waals surface area (Å²) in [5.41, 5.74) is 1.71. The molecule has 1 fully saturated rings. The molecule has 1 aliphatic heterocycles. The Morgan fingerprint density at radius 3 is 2.54 bits per heavy atom. The number of rotatable bonds is 4. The highest BCUT2D eigenvalue weighted by atomic mass is 16.6. The summed E-state index contributed by atoms with van der Waals surface area (Å²) >= 11 is 0. The highest BCUT2D eigenvalue weighted by Crippen LogP contribution is 2.28. The molecule has 2 amide bonds. The van der Waals surface area contributed by atoms with Crippen molar-refractivity contribution in [2.75, 3.05) is 13.7 Å². The molecule has 5 nitrogen and oxygen atoms in total. The molecule has 0 saturated carbocycles. The minimum atomic E-state index is -0.617. The number of hydrogen-bond acceptors (Lipinski definition) is 4. The van der Waals surface area contributed by atoms with Crippen LogP contribution < -0.4 is 4.74 Å². The lowest BCUT2D eigenvalue weighted by Crippen LogP contribution is -2.32. The van der Waals surface area contributed by atoms with Crippen LogP contribution in [-0.4, -0.2) is 30.6 Å². The van der Waals surface area contributed by atoms with Crippen molar-refractivity contribution in [2.45, 2.75) is 6.04 Å². The van der Waals surface area contributed by atoms with Crippen molar-refractivity contribution in [3.8, 4) is 5.75 Å². The van der Waals surface area contributed by atoms with Gasteiger partial charge in [0.25, 0.3) is 5.91 Å². The zero-order chi connectivity index (χ0) is 16.9. The molecule has 24 heavy (non-hydrogen) atoms. The fraction of sp³-hybridized carbons (Fsp3) is 0.158. The molecule has 3 rings (SSSR count). The second-order valence-electron chi connectivity index (χ2n) is 5.32. The van der Waals surface area contributed by atoms with E-state index in [1.54, 1.807) is 25.3 Å². The van der Waals surface area contributed by atoms with E-state index in [1.807, 2.05) is 42.5 Å². The number of benzene rings is 2. The molecule has 2 aromatic carbocycles. The molecule has 1 heterocycles. The molecule has 2 aromatic rings. The highest BCUT2D eigenvalue weighted by molar-refractivity contribution is 6.02. The average Bonchev–Trinajstić information content (AvgIpc) is 3.02. The summed E-state index contributed by atoms with van der Waals surface area (Å²) in [4.78, 5) is 25.5. The van der Waals surface area contributed by atoms with Gasteiger partial charge >= 0.3 is 6.09 Å². The Kier molecular flexibility index (Phi) is 4.61. The fourth-order valence-electron chi connectivity index (χ4n) is 2.55. The molecule has 1 saturated heterocycles. The van der Waals surface area contributed by atoms with Gasteiger partial charge in [-0.15, -0.1) is 0 Å². The molecule has 0 unspecified atom stereocenters. The van der Waals surface area contributed by atoms with Crippen molar-refractivity contribution >= 4 is 18.1 Å². The Labute approximate surface area is 140 Å². The first kappa shape index (κ1) is 15.8. The van der Waals surface area contributed by atoms with Crippen molar-refractivity contribution < 1.29 is 19.1 Å². The summed E-state index contributed by atoms with van der Waals surface area (Å²) in [5.74, 6) is 0.341. The standard InChI is InChI=1S/C19H17NO4/c1-23-16-10-7-14(8-11-16)9-12-18(21)20-17(13-24-19(20)22)15-5-3-2-4-6-15/h2-12,17H,13H2,1H3/b12-9+/t17-/m1/s1. The minimum absolute atomic E-state index is 0.172. The van der Waals surface area contributed by atoms with Crippen LogP contribution in [0.5, 0.6) is 5.75 Å². The van der Waals surface area contributed by atoms with E-state index >= 15 is 0 Å². The summed E-state index contributed by atoms with van der Waals surface area (Å²) in [6.07, 6.45) is 2.42. The van der Waals surface area contributed by atoms with Crippen LogP contribution in [0.3, 0.4) is 0 Å². The van der Waals surface area contributed by atoms with Gasteiger partial charge in [0, 0.05) is 6.08 Å². The Balaban J connectivity index is 1.76. The average molecular weight is 323 g/mol. The number of cyclic esters (lactones) is 1. The summed E-state index contributed by atoms with van der Waals surface area (Å²) in [5, 5.41) is 0. The van der Waals surface area contributed by atoms with Gasteiger partial charge in [-0.25, -0.2) is 9.69 Å². The monoisotopic (exact) mass is 323 g/mol. The van der Waals surface area contributed by atoms with Crippen molar-refractivity contribution in [2.24, 2.45) is 0 Å². The predicted molar refractivity (Wildman–Crippen MR) is 89.4 cm³/mol. The van der Waals surface area contributed by atoms with Crippen molar-refractivity contribution in [3.05, 3.63) is 71.8 Å². The van der Waals surface area contributed by atoms with E-state index in [0.29, 0.717) is 0 Å². The van der Waals surface area contributed by atoms with E-state index in [-0.39, 0.29) is 6.61 Å². The first-order valence-electron chi connectivity index (χ1n) is 7.56. The maximum Gasteiger partial charge on any atom is 0.417 e. The first-order valence-corrected chi connectivity index (χ1v) is 7.56. The number of carbonyl (C=O) groups excluding carboxylic acids is 2. The lowest BCUT2D eigenvalue weighted by molar-refractivity contribution is -0.124. The van der Waals surface area contributed by atoms with Gasteiger partial charge in [0.2, 0.25) is 0 Å². The van der Waals surface area contributed by atoms with Gasteiger partial charge in [0.15, 0.2) is 0 Å². The number of methoxy groups -OCH3 is 1. The first-order chi connectivity index (χ1) is 11.7. The van der Waals surface area contributed by atoms with E-state index in [4.69, 9.17) is 9.47 Å². The lowest BCUT2D eigenvalue weighted by atomic mass is 10.1. The van der Waals surface area contributed by atoms with Crippen molar-refractivity contribution in [1.29, 1.82) is 0 Å². The Morgan fingerprint density at radius 1 is 1.17 bits per heavy atom. The Morgan fingerprint density at radius 2 is 1.88 bits per heavy atom. The van der Waals surface area contributed by atoms with E-state index in [2.05, 4.69) is 0 Å². The predicted octanol–water partition coefficient (Wildman–Crippen LogP) is 3.43. The van der Waals surface area contributed by atoms with Gasteiger partial charge in [-0.1, -0.05) is 42.5 Å². The van der Waals surface area contributed by atoms with Crippen LogP contribution >= 0.6 is 0 Å². The smallest absolute Gasteiger partial charge is 0.417 e. The molecule has 0 spiro atoms. The quantitative estimate of drug-likeness (QED) is 0.809. The van der Waals surface area contributed by atoms with Crippen molar-refractivity contribution in [1.82, 2.24) is 4.90 Å². The van der Waals surface area contributed by atoms with Crippen LogP contribution in [0.4, 0.5) is 4.79 Å². The van der Waals surface area contributed by atoms with Crippen LogP contribution in [0.1, 0.15) is 17.2 Å². The van der Waals surface area contributed by atoms with Crippen LogP contribution in [0.25, 0.3) is 6.08 Å². The van der Waals surface area contributed by atoms with E-state index < -0.39 is 18.0 Å². The van der Waals surface area contributed by atoms with E-state index in [9.17, 15) is 9.59 Å². The van der Waals surface area contributed by atoms with Crippen LogP contribution in [0, 0.1) is 0 Å². The maximum absolute atomic E-state index is 12.4. The molecule has 5 heteroatoms. The molecule has 0 N–H and O–H groups in total. The summed E-state index contributed by atoms with van der Waals surface area (Å²) < 4.78 is 10.1. The minimum Gasteiger partial charge on any atom is -0.497 e. The number of amides is 2. The third kappa shape index (κ3) is 3.30. The Bertz CT molecular complexity index is 753. The number of imide groups is 1. The number of nitrogens with zero attached hydrogens (tertiary/aromatic N) is 1. The zero-order valence-corrected chi connectivity index (χ0v) is 13.2. The van der Waals surface area contributed by atoms with Gasteiger partial charge in [-0.05, 0) is 29.3 Å². The number of hydrogen-bond donors (Lipinski definition) is 0.